The first-order chi connectivity index (χ1) is 13.2. The molecule has 0 spiro atoms. The van der Waals surface area contributed by atoms with Crippen LogP contribution < -0.4 is 9.64 Å². The predicted molar refractivity (Wildman–Crippen MR) is 105 cm³/mol. The minimum Gasteiger partial charge on any atom is -0.491 e. The highest BCUT2D eigenvalue weighted by molar-refractivity contribution is 5.94. The van der Waals surface area contributed by atoms with E-state index in [9.17, 15) is 0 Å². The Morgan fingerprint density at radius 1 is 1.15 bits per heavy atom. The maximum atomic E-state index is 5.95. The van der Waals surface area contributed by atoms with Crippen molar-refractivity contribution in [3.63, 3.8) is 0 Å². The van der Waals surface area contributed by atoms with Gasteiger partial charge in [-0.05, 0) is 57.0 Å². The number of morpholine rings is 1. The fourth-order valence-electron chi connectivity index (χ4n) is 4.10. The molecule has 140 valence electrons. The SMILES string of the molecule is CC(C)Oc1ccc2[nH]nc(-c3ccnc(N4CC5CCC(C4)O5)c3)c2c1. The third-order valence-corrected chi connectivity index (χ3v) is 5.29. The molecule has 6 nitrogen and oxygen atoms in total. The Morgan fingerprint density at radius 3 is 2.74 bits per heavy atom. The largest absolute Gasteiger partial charge is 0.491 e. The first-order valence-corrected chi connectivity index (χ1v) is 9.67. The molecule has 3 aromatic rings. The quantitative estimate of drug-likeness (QED) is 0.763. The molecule has 1 aromatic carbocycles. The standard InChI is InChI=1S/C21H24N4O2/c1-13(2)26-15-5-6-19-18(10-15)21(24-23-19)14-7-8-22-20(9-14)25-11-16-3-4-17(12-25)27-16/h5-10,13,16-17H,3-4,11-12H2,1-2H3,(H,23,24). The molecule has 2 unspecified atom stereocenters. The van der Waals surface area contributed by atoms with E-state index in [4.69, 9.17) is 9.47 Å². The van der Waals surface area contributed by atoms with Gasteiger partial charge in [-0.15, -0.1) is 0 Å². The van der Waals surface area contributed by atoms with Crippen molar-refractivity contribution in [1.82, 2.24) is 15.2 Å². The molecule has 0 radical (unpaired) electrons. The van der Waals surface area contributed by atoms with Crippen LogP contribution in [0.1, 0.15) is 26.7 Å². The summed E-state index contributed by atoms with van der Waals surface area (Å²) in [6.07, 6.45) is 5.01. The van der Waals surface area contributed by atoms with Crippen molar-refractivity contribution >= 4 is 16.7 Å². The van der Waals surface area contributed by atoms with Gasteiger partial charge in [0.15, 0.2) is 0 Å². The van der Waals surface area contributed by atoms with Gasteiger partial charge < -0.3 is 14.4 Å². The molecule has 0 saturated carbocycles. The number of rotatable bonds is 4. The number of nitrogens with one attached hydrogen (secondary N) is 1. The molecule has 2 aromatic heterocycles. The number of nitrogens with zero attached hydrogens (tertiary/aromatic N) is 3. The third-order valence-electron chi connectivity index (χ3n) is 5.29. The van der Waals surface area contributed by atoms with Gasteiger partial charge in [-0.25, -0.2) is 4.98 Å². The maximum absolute atomic E-state index is 5.95. The van der Waals surface area contributed by atoms with E-state index in [0.29, 0.717) is 12.2 Å². The van der Waals surface area contributed by atoms with Crippen molar-refractivity contribution in [3.8, 4) is 17.0 Å². The van der Waals surface area contributed by atoms with Gasteiger partial charge in [-0.3, -0.25) is 5.10 Å². The zero-order valence-electron chi connectivity index (χ0n) is 15.7. The van der Waals surface area contributed by atoms with E-state index in [-0.39, 0.29) is 6.10 Å². The van der Waals surface area contributed by atoms with E-state index in [1.54, 1.807) is 0 Å². The van der Waals surface area contributed by atoms with Crippen molar-refractivity contribution < 1.29 is 9.47 Å². The van der Waals surface area contributed by atoms with Crippen molar-refractivity contribution in [1.29, 1.82) is 0 Å². The fourth-order valence-corrected chi connectivity index (χ4v) is 4.10. The summed E-state index contributed by atoms with van der Waals surface area (Å²) in [7, 11) is 0. The number of benzene rings is 1. The number of hydrogen-bond donors (Lipinski definition) is 1. The molecule has 27 heavy (non-hydrogen) atoms. The monoisotopic (exact) mass is 364 g/mol. The lowest BCUT2D eigenvalue weighted by Gasteiger charge is -2.33. The normalized spacial score (nSPS) is 22.0. The highest BCUT2D eigenvalue weighted by Gasteiger charge is 2.34. The second-order valence-corrected chi connectivity index (χ2v) is 7.71. The zero-order valence-corrected chi connectivity index (χ0v) is 15.7. The van der Waals surface area contributed by atoms with Crippen LogP contribution in [-0.4, -0.2) is 46.6 Å². The van der Waals surface area contributed by atoms with Gasteiger partial charge >= 0.3 is 0 Å². The van der Waals surface area contributed by atoms with E-state index in [1.807, 2.05) is 38.2 Å². The molecule has 1 N–H and O–H groups in total. The van der Waals surface area contributed by atoms with Crippen molar-refractivity contribution in [2.24, 2.45) is 0 Å². The van der Waals surface area contributed by atoms with E-state index in [1.165, 1.54) is 0 Å². The average molecular weight is 364 g/mol. The highest BCUT2D eigenvalue weighted by Crippen LogP contribution is 2.33. The molecule has 2 aliphatic heterocycles. The second kappa shape index (κ2) is 6.53. The van der Waals surface area contributed by atoms with Crippen LogP contribution in [0.4, 0.5) is 5.82 Å². The van der Waals surface area contributed by atoms with Crippen LogP contribution in [0.15, 0.2) is 36.5 Å². The summed E-state index contributed by atoms with van der Waals surface area (Å²) in [6, 6.07) is 10.2. The lowest BCUT2D eigenvalue weighted by atomic mass is 10.1. The van der Waals surface area contributed by atoms with E-state index >= 15 is 0 Å². The van der Waals surface area contributed by atoms with Gasteiger partial charge in [0, 0.05) is 30.2 Å². The van der Waals surface area contributed by atoms with Gasteiger partial charge in [0.2, 0.25) is 0 Å². The summed E-state index contributed by atoms with van der Waals surface area (Å²) in [5.74, 6) is 1.86. The van der Waals surface area contributed by atoms with Gasteiger partial charge in [0.05, 0.1) is 23.8 Å². The number of anilines is 1. The lowest BCUT2D eigenvalue weighted by Crippen LogP contribution is -2.43. The summed E-state index contributed by atoms with van der Waals surface area (Å²) in [5, 5.41) is 8.76. The Morgan fingerprint density at radius 2 is 1.96 bits per heavy atom. The number of aromatic nitrogens is 3. The maximum Gasteiger partial charge on any atom is 0.129 e. The molecule has 2 bridgehead atoms. The lowest BCUT2D eigenvalue weighted by molar-refractivity contribution is 0.0302. The number of fused-ring (bicyclic) bond motifs is 3. The Kier molecular flexibility index (Phi) is 4.01. The van der Waals surface area contributed by atoms with Gasteiger partial charge in [0.25, 0.3) is 0 Å². The molecule has 0 amide bonds. The van der Waals surface area contributed by atoms with Gasteiger partial charge in [-0.1, -0.05) is 0 Å². The van der Waals surface area contributed by atoms with Crippen LogP contribution in [0, 0.1) is 0 Å². The minimum atomic E-state index is 0.141. The van der Waals surface area contributed by atoms with Crippen molar-refractivity contribution in [3.05, 3.63) is 36.5 Å². The number of ether oxygens (including phenoxy) is 2. The number of H-pyrrole nitrogens is 1. The Balaban J connectivity index is 1.49. The van der Waals surface area contributed by atoms with E-state index < -0.39 is 0 Å². The number of aromatic amines is 1. The summed E-state index contributed by atoms with van der Waals surface area (Å²) < 4.78 is 11.8. The zero-order chi connectivity index (χ0) is 18.4. The summed E-state index contributed by atoms with van der Waals surface area (Å²) in [6.45, 7) is 5.90. The molecular weight excluding hydrogens is 340 g/mol. The Labute approximate surface area is 158 Å². The van der Waals surface area contributed by atoms with Gasteiger partial charge in [0.1, 0.15) is 17.3 Å². The van der Waals surface area contributed by atoms with Gasteiger partial charge in [-0.2, -0.15) is 5.10 Å². The average Bonchev–Trinajstić information content (AvgIpc) is 3.23. The van der Waals surface area contributed by atoms with Crippen LogP contribution in [0.2, 0.25) is 0 Å². The van der Waals surface area contributed by atoms with Crippen molar-refractivity contribution in [2.45, 2.75) is 45.0 Å². The van der Waals surface area contributed by atoms with Crippen LogP contribution in [0.25, 0.3) is 22.2 Å². The van der Waals surface area contributed by atoms with Crippen LogP contribution in [0.3, 0.4) is 0 Å². The molecule has 2 atom stereocenters. The molecule has 4 heterocycles. The van der Waals surface area contributed by atoms with Crippen LogP contribution >= 0.6 is 0 Å². The third kappa shape index (κ3) is 3.14. The Hall–Kier alpha value is -2.60. The molecule has 2 fully saturated rings. The molecule has 0 aliphatic carbocycles. The topological polar surface area (TPSA) is 63.3 Å². The fraction of sp³-hybridized carbons (Fsp3) is 0.429. The number of hydrogen-bond acceptors (Lipinski definition) is 5. The molecular formula is C21H24N4O2. The first kappa shape index (κ1) is 16.6. The predicted octanol–water partition coefficient (Wildman–Crippen LogP) is 3.78. The van der Waals surface area contributed by atoms with E-state index in [0.717, 1.165) is 59.7 Å². The van der Waals surface area contributed by atoms with Crippen LogP contribution in [-0.2, 0) is 4.74 Å². The minimum absolute atomic E-state index is 0.141. The smallest absolute Gasteiger partial charge is 0.129 e. The van der Waals surface area contributed by atoms with Crippen LogP contribution in [0.5, 0.6) is 5.75 Å². The highest BCUT2D eigenvalue weighted by atomic mass is 16.5. The summed E-state index contributed by atoms with van der Waals surface area (Å²) >= 11 is 0. The molecule has 2 aliphatic rings. The summed E-state index contributed by atoms with van der Waals surface area (Å²) in [4.78, 5) is 6.96. The Bertz CT molecular complexity index is 956. The second-order valence-electron chi connectivity index (χ2n) is 7.71. The molecule has 6 heteroatoms. The van der Waals surface area contributed by atoms with Crippen molar-refractivity contribution in [2.75, 3.05) is 18.0 Å². The number of pyridine rings is 1. The summed E-state index contributed by atoms with van der Waals surface area (Å²) in [5.41, 5.74) is 3.00. The molecule has 2 saturated heterocycles. The molecule has 5 rings (SSSR count). The van der Waals surface area contributed by atoms with E-state index in [2.05, 4.69) is 32.2 Å². The first-order valence-electron chi connectivity index (χ1n) is 9.67.